The van der Waals surface area contributed by atoms with Crippen molar-refractivity contribution in [2.24, 2.45) is 11.8 Å². The van der Waals surface area contributed by atoms with E-state index in [2.05, 4.69) is 15.8 Å². The highest BCUT2D eigenvalue weighted by atomic mass is 16.6. The molecule has 148 valence electrons. The Bertz CT molecular complexity index is 787. The first-order chi connectivity index (χ1) is 13.6. The number of amides is 2. The summed E-state index contributed by atoms with van der Waals surface area (Å²) in [5, 5.41) is 2.97. The summed E-state index contributed by atoms with van der Waals surface area (Å²) in [5.74, 6) is 0.255. The molecule has 2 N–H and O–H groups in total. The number of carbonyl (C=O) groups excluding carboxylic acids is 2. The first-order valence-electron chi connectivity index (χ1n) is 9.78. The molecule has 2 aromatic rings. The summed E-state index contributed by atoms with van der Waals surface area (Å²) in [7, 11) is 0. The fourth-order valence-corrected chi connectivity index (χ4v) is 3.57. The quantitative estimate of drug-likeness (QED) is 0.716. The van der Waals surface area contributed by atoms with Crippen LogP contribution in [0.4, 0.5) is 5.69 Å². The maximum Gasteiger partial charge on any atom is 0.243 e. The van der Waals surface area contributed by atoms with E-state index in [1.165, 1.54) is 0 Å². The summed E-state index contributed by atoms with van der Waals surface area (Å²) in [6.07, 6.45) is 5.49. The highest BCUT2D eigenvalue weighted by Gasteiger charge is 2.27. The molecule has 0 spiro atoms. The zero-order valence-corrected chi connectivity index (χ0v) is 16.2. The number of aromatic nitrogens is 1. The summed E-state index contributed by atoms with van der Waals surface area (Å²) in [6, 6.07) is 13.4. The molecule has 1 aromatic heterocycles. The lowest BCUT2D eigenvalue weighted by molar-refractivity contribution is -0.135. The number of hydrogen-bond donors (Lipinski definition) is 2. The number of pyridine rings is 1. The number of carbonyl (C=O) groups is 2. The Morgan fingerprint density at radius 1 is 1.11 bits per heavy atom. The van der Waals surface area contributed by atoms with Crippen molar-refractivity contribution in [3.05, 3.63) is 59.9 Å². The summed E-state index contributed by atoms with van der Waals surface area (Å²) in [6.45, 7) is 2.25. The third-order valence-corrected chi connectivity index (χ3v) is 5.12. The summed E-state index contributed by atoms with van der Waals surface area (Å²) in [4.78, 5) is 33.9. The number of nitrogens with one attached hydrogen (secondary N) is 2. The molecule has 6 heteroatoms. The van der Waals surface area contributed by atoms with E-state index >= 15 is 0 Å². The van der Waals surface area contributed by atoms with Crippen LogP contribution in [0.5, 0.6) is 0 Å². The van der Waals surface area contributed by atoms with Crippen molar-refractivity contribution < 1.29 is 14.4 Å². The van der Waals surface area contributed by atoms with Gasteiger partial charge in [0.05, 0.1) is 6.61 Å². The lowest BCUT2D eigenvalue weighted by Gasteiger charge is -2.27. The highest BCUT2D eigenvalue weighted by Crippen LogP contribution is 2.31. The molecule has 6 nitrogen and oxygen atoms in total. The van der Waals surface area contributed by atoms with Crippen LogP contribution >= 0.6 is 0 Å². The smallest absolute Gasteiger partial charge is 0.243 e. The van der Waals surface area contributed by atoms with Gasteiger partial charge in [-0.3, -0.25) is 19.4 Å². The molecule has 1 aliphatic carbocycles. The van der Waals surface area contributed by atoms with Gasteiger partial charge >= 0.3 is 0 Å². The minimum atomic E-state index is -0.101. The number of rotatable bonds is 7. The van der Waals surface area contributed by atoms with E-state index in [4.69, 9.17) is 4.84 Å². The minimum Gasteiger partial charge on any atom is -0.326 e. The molecule has 1 aliphatic rings. The van der Waals surface area contributed by atoms with Crippen molar-refractivity contribution in [2.75, 3.05) is 5.32 Å². The normalized spacial score (nSPS) is 19.0. The van der Waals surface area contributed by atoms with E-state index in [-0.39, 0.29) is 17.7 Å². The zero-order valence-electron chi connectivity index (χ0n) is 16.2. The monoisotopic (exact) mass is 381 g/mol. The molecule has 0 saturated heterocycles. The van der Waals surface area contributed by atoms with Crippen LogP contribution < -0.4 is 10.8 Å². The van der Waals surface area contributed by atoms with Crippen LogP contribution in [0, 0.1) is 18.8 Å². The van der Waals surface area contributed by atoms with Gasteiger partial charge in [-0.2, -0.15) is 0 Å². The number of anilines is 1. The topological polar surface area (TPSA) is 80.3 Å². The third kappa shape index (κ3) is 6.16. The number of nitrogens with zero attached hydrogens (tertiary/aromatic N) is 1. The van der Waals surface area contributed by atoms with Gasteiger partial charge in [-0.15, -0.1) is 0 Å². The second-order valence-electron chi connectivity index (χ2n) is 7.40. The van der Waals surface area contributed by atoms with Crippen molar-refractivity contribution in [3.8, 4) is 0 Å². The van der Waals surface area contributed by atoms with Crippen LogP contribution in [0.1, 0.15) is 43.4 Å². The van der Waals surface area contributed by atoms with Gasteiger partial charge in [0.2, 0.25) is 11.8 Å². The Morgan fingerprint density at radius 2 is 1.86 bits per heavy atom. The number of hydroxylamine groups is 1. The van der Waals surface area contributed by atoms with Crippen molar-refractivity contribution >= 4 is 17.5 Å². The predicted molar refractivity (Wildman–Crippen MR) is 107 cm³/mol. The van der Waals surface area contributed by atoms with Crippen molar-refractivity contribution in [1.82, 2.24) is 10.5 Å². The predicted octanol–water partition coefficient (Wildman–Crippen LogP) is 3.77. The zero-order chi connectivity index (χ0) is 19.8. The van der Waals surface area contributed by atoms with E-state index in [1.807, 2.05) is 43.3 Å². The van der Waals surface area contributed by atoms with E-state index in [0.29, 0.717) is 18.9 Å². The molecule has 28 heavy (non-hydrogen) atoms. The van der Waals surface area contributed by atoms with Crippen LogP contribution in [0.15, 0.2) is 48.7 Å². The van der Waals surface area contributed by atoms with Crippen molar-refractivity contribution in [2.45, 2.75) is 45.6 Å². The average molecular weight is 381 g/mol. The Hall–Kier alpha value is -2.73. The Kier molecular flexibility index (Phi) is 7.14. The Labute approximate surface area is 165 Å². The van der Waals surface area contributed by atoms with E-state index in [1.54, 1.807) is 12.3 Å². The molecular weight excluding hydrogens is 354 g/mol. The lowest BCUT2D eigenvalue weighted by Crippen LogP contribution is -2.30. The van der Waals surface area contributed by atoms with Gasteiger partial charge in [0.1, 0.15) is 0 Å². The largest absolute Gasteiger partial charge is 0.326 e. The Morgan fingerprint density at radius 3 is 2.57 bits per heavy atom. The molecule has 0 aliphatic heterocycles. The molecule has 1 fully saturated rings. The molecular formula is C22H27N3O3. The fraction of sp³-hybridized carbons (Fsp3) is 0.409. The molecule has 3 rings (SSSR count). The highest BCUT2D eigenvalue weighted by molar-refractivity contribution is 5.92. The summed E-state index contributed by atoms with van der Waals surface area (Å²) in [5.41, 5.74) is 5.20. The molecule has 1 aromatic carbocycles. The van der Waals surface area contributed by atoms with E-state index in [9.17, 15) is 9.59 Å². The van der Waals surface area contributed by atoms with Gasteiger partial charge in [0.15, 0.2) is 0 Å². The van der Waals surface area contributed by atoms with Crippen LogP contribution in [0.3, 0.4) is 0 Å². The van der Waals surface area contributed by atoms with Crippen LogP contribution in [-0.4, -0.2) is 16.8 Å². The van der Waals surface area contributed by atoms with Crippen LogP contribution in [0.2, 0.25) is 0 Å². The average Bonchev–Trinajstić information content (AvgIpc) is 2.69. The summed E-state index contributed by atoms with van der Waals surface area (Å²) >= 11 is 0. The van der Waals surface area contributed by atoms with Gasteiger partial charge in [-0.25, -0.2) is 5.48 Å². The molecule has 0 atom stereocenters. The first kappa shape index (κ1) is 20.0. The van der Waals surface area contributed by atoms with E-state index < -0.39 is 0 Å². The van der Waals surface area contributed by atoms with Gasteiger partial charge in [-0.05, 0) is 56.2 Å². The van der Waals surface area contributed by atoms with Crippen molar-refractivity contribution in [1.29, 1.82) is 0 Å². The Balaban J connectivity index is 1.35. The van der Waals surface area contributed by atoms with Gasteiger partial charge in [-0.1, -0.05) is 30.3 Å². The number of hydrogen-bond acceptors (Lipinski definition) is 4. The maximum atomic E-state index is 12.5. The molecule has 0 bridgehead atoms. The first-order valence-corrected chi connectivity index (χ1v) is 9.78. The molecule has 2 amide bonds. The standard InChI is InChI=1S/C22H27N3O3/c1-16-13-20(11-12-23-16)24-22(27)19-9-7-17(8-10-19)14-21(26)25-28-15-18-5-3-2-4-6-18/h2-6,11-13,17,19H,7-10,14-15H2,1H3,(H,25,26)(H,23,24,27). The number of benzene rings is 1. The summed E-state index contributed by atoms with van der Waals surface area (Å²) < 4.78 is 0. The molecule has 1 saturated carbocycles. The number of aryl methyl sites for hydroxylation is 1. The molecule has 0 unspecified atom stereocenters. The minimum absolute atomic E-state index is 0.00196. The molecule has 1 heterocycles. The van der Waals surface area contributed by atoms with E-state index in [0.717, 1.165) is 42.6 Å². The van der Waals surface area contributed by atoms with Gasteiger partial charge in [0, 0.05) is 29.9 Å². The van der Waals surface area contributed by atoms with Crippen molar-refractivity contribution in [3.63, 3.8) is 0 Å². The molecule has 0 radical (unpaired) electrons. The maximum absolute atomic E-state index is 12.5. The van der Waals surface area contributed by atoms with Gasteiger partial charge in [0.25, 0.3) is 0 Å². The van der Waals surface area contributed by atoms with Crippen LogP contribution in [0.25, 0.3) is 0 Å². The third-order valence-electron chi connectivity index (χ3n) is 5.12. The van der Waals surface area contributed by atoms with Crippen LogP contribution in [-0.2, 0) is 21.0 Å². The lowest BCUT2D eigenvalue weighted by atomic mass is 9.80. The fourth-order valence-electron chi connectivity index (χ4n) is 3.57. The second kappa shape index (κ2) is 9.99. The second-order valence-corrected chi connectivity index (χ2v) is 7.40. The SMILES string of the molecule is Cc1cc(NC(=O)C2CCC(CC(=O)NOCc3ccccc3)CC2)ccn1. The van der Waals surface area contributed by atoms with Gasteiger partial charge < -0.3 is 5.32 Å².